The van der Waals surface area contributed by atoms with Gasteiger partial charge in [0, 0.05) is 0 Å². The molecule has 3 heteroatoms. The molecule has 2 fully saturated rings. The van der Waals surface area contributed by atoms with Crippen LogP contribution in [0.25, 0.3) is 0 Å². The molecule has 0 unspecified atom stereocenters. The lowest BCUT2D eigenvalue weighted by atomic mass is 9.75. The van der Waals surface area contributed by atoms with E-state index in [1.54, 1.807) is 0 Å². The Labute approximate surface area is 125 Å². The highest BCUT2D eigenvalue weighted by atomic mass is 16.7. The van der Waals surface area contributed by atoms with Crippen LogP contribution in [-0.2, 0) is 9.31 Å². The highest BCUT2D eigenvalue weighted by molar-refractivity contribution is 6.51. The van der Waals surface area contributed by atoms with Crippen LogP contribution in [0.1, 0.15) is 67.2 Å². The van der Waals surface area contributed by atoms with Gasteiger partial charge in [0.2, 0.25) is 0 Å². The van der Waals surface area contributed by atoms with Gasteiger partial charge in [0.05, 0.1) is 11.2 Å². The van der Waals surface area contributed by atoms with Crippen LogP contribution in [0.5, 0.6) is 0 Å². The quantitative estimate of drug-likeness (QED) is 0.700. The molecule has 2 nitrogen and oxygen atoms in total. The van der Waals surface area contributed by atoms with E-state index in [1.165, 1.54) is 25.7 Å². The molecule has 0 atom stereocenters. The number of allylic oxidation sites excluding steroid dienone is 1. The number of hydrogen-bond donors (Lipinski definition) is 0. The second-order valence-corrected chi connectivity index (χ2v) is 7.93. The van der Waals surface area contributed by atoms with E-state index >= 15 is 0 Å². The van der Waals surface area contributed by atoms with E-state index in [2.05, 4.69) is 53.6 Å². The Morgan fingerprint density at radius 3 is 1.90 bits per heavy atom. The van der Waals surface area contributed by atoms with Crippen molar-refractivity contribution in [1.29, 1.82) is 0 Å². The second-order valence-electron chi connectivity index (χ2n) is 7.93. The van der Waals surface area contributed by atoms with Crippen molar-refractivity contribution in [3.05, 3.63) is 12.1 Å². The van der Waals surface area contributed by atoms with Gasteiger partial charge in [-0.2, -0.15) is 0 Å². The lowest BCUT2D eigenvalue weighted by Crippen LogP contribution is -2.41. The summed E-state index contributed by atoms with van der Waals surface area (Å²) in [7, 11) is -0.178. The number of hydrogen-bond acceptors (Lipinski definition) is 2. The van der Waals surface area contributed by atoms with E-state index < -0.39 is 0 Å². The van der Waals surface area contributed by atoms with Crippen LogP contribution in [0.2, 0.25) is 0 Å². The highest BCUT2D eigenvalue weighted by Crippen LogP contribution is 2.38. The molecule has 114 valence electrons. The summed E-state index contributed by atoms with van der Waals surface area (Å²) >= 11 is 0. The van der Waals surface area contributed by atoms with Crippen LogP contribution in [0, 0.1) is 17.8 Å². The van der Waals surface area contributed by atoms with E-state index in [0.29, 0.717) is 5.92 Å². The molecule has 2 aliphatic rings. The van der Waals surface area contributed by atoms with E-state index in [4.69, 9.17) is 9.31 Å². The molecular weight excluding hydrogens is 247 g/mol. The molecule has 1 heterocycles. The van der Waals surface area contributed by atoms with Crippen molar-refractivity contribution < 1.29 is 9.31 Å². The third-order valence-corrected chi connectivity index (χ3v) is 5.57. The van der Waals surface area contributed by atoms with E-state index in [0.717, 1.165) is 11.8 Å². The molecule has 1 saturated carbocycles. The van der Waals surface area contributed by atoms with Gasteiger partial charge in [-0.15, -0.1) is 0 Å². The molecule has 0 spiro atoms. The largest absolute Gasteiger partial charge is 0.486 e. The average Bonchev–Trinajstić information content (AvgIpc) is 2.56. The fourth-order valence-electron chi connectivity index (χ4n) is 3.22. The van der Waals surface area contributed by atoms with E-state index in [-0.39, 0.29) is 18.3 Å². The summed E-state index contributed by atoms with van der Waals surface area (Å²) in [5, 5.41) is 0. The van der Waals surface area contributed by atoms with Crippen molar-refractivity contribution in [3.8, 4) is 0 Å². The van der Waals surface area contributed by atoms with Crippen LogP contribution >= 0.6 is 0 Å². The molecule has 0 aromatic rings. The first kappa shape index (κ1) is 16.1. The van der Waals surface area contributed by atoms with E-state index in [1.807, 2.05) is 0 Å². The fraction of sp³-hybridized carbons (Fsp3) is 0.882. The number of rotatable bonds is 3. The van der Waals surface area contributed by atoms with Crippen LogP contribution in [0.15, 0.2) is 12.1 Å². The average molecular weight is 278 g/mol. The summed E-state index contributed by atoms with van der Waals surface area (Å²) in [6.45, 7) is 13.1. The topological polar surface area (TPSA) is 18.5 Å². The van der Waals surface area contributed by atoms with Gasteiger partial charge in [-0.1, -0.05) is 25.9 Å². The Morgan fingerprint density at radius 2 is 1.45 bits per heavy atom. The van der Waals surface area contributed by atoms with Crippen molar-refractivity contribution in [2.24, 2.45) is 17.8 Å². The molecule has 20 heavy (non-hydrogen) atoms. The molecule has 1 aliphatic carbocycles. The lowest BCUT2D eigenvalue weighted by Gasteiger charge is -2.32. The lowest BCUT2D eigenvalue weighted by molar-refractivity contribution is 0.00578. The van der Waals surface area contributed by atoms with Gasteiger partial charge in [-0.3, -0.25) is 0 Å². The zero-order valence-corrected chi connectivity index (χ0v) is 14.1. The second kappa shape index (κ2) is 5.85. The molecule has 0 aromatic heterocycles. The third-order valence-electron chi connectivity index (χ3n) is 5.57. The first-order valence-electron chi connectivity index (χ1n) is 8.25. The molecule has 0 radical (unpaired) electrons. The van der Waals surface area contributed by atoms with Gasteiger partial charge in [0.1, 0.15) is 0 Å². The van der Waals surface area contributed by atoms with Crippen molar-refractivity contribution in [2.75, 3.05) is 0 Å². The molecule has 2 rings (SSSR count). The highest BCUT2D eigenvalue weighted by Gasteiger charge is 2.50. The Balaban J connectivity index is 1.84. The SMILES string of the molecule is CC(C)C1CCC(/C=C/B2OC(C)(C)C(C)(C)O2)CC1. The van der Waals surface area contributed by atoms with Gasteiger partial charge >= 0.3 is 7.12 Å². The predicted octanol–water partition coefficient (Wildman–Crippen LogP) is 4.64. The minimum absolute atomic E-state index is 0.178. The van der Waals surface area contributed by atoms with Gasteiger partial charge < -0.3 is 9.31 Å². The molecule has 1 saturated heterocycles. The summed E-state index contributed by atoms with van der Waals surface area (Å²) < 4.78 is 12.0. The summed E-state index contributed by atoms with van der Waals surface area (Å²) in [5.41, 5.74) is -0.450. The zero-order chi connectivity index (χ0) is 15.0. The molecule has 0 N–H and O–H groups in total. The maximum atomic E-state index is 6.01. The van der Waals surface area contributed by atoms with Gasteiger partial charge in [0.15, 0.2) is 0 Å². The van der Waals surface area contributed by atoms with Crippen LogP contribution in [0.4, 0.5) is 0 Å². The summed E-state index contributed by atoms with van der Waals surface area (Å²) in [5.74, 6) is 4.61. The van der Waals surface area contributed by atoms with E-state index in [9.17, 15) is 0 Å². The summed E-state index contributed by atoms with van der Waals surface area (Å²) in [6.07, 6.45) is 7.71. The van der Waals surface area contributed by atoms with Crippen molar-refractivity contribution >= 4 is 7.12 Å². The minimum atomic E-state index is -0.225. The first-order valence-corrected chi connectivity index (χ1v) is 8.25. The smallest absolute Gasteiger partial charge is 0.400 e. The molecule has 1 aliphatic heterocycles. The van der Waals surface area contributed by atoms with Crippen molar-refractivity contribution in [2.45, 2.75) is 78.4 Å². The standard InChI is InChI=1S/C17H31BO2/c1-13(2)15-9-7-14(8-10-15)11-12-18-19-16(3,4)17(5,6)20-18/h11-15H,7-10H2,1-6H3/b12-11+. The zero-order valence-electron chi connectivity index (χ0n) is 14.1. The van der Waals surface area contributed by atoms with Crippen molar-refractivity contribution in [3.63, 3.8) is 0 Å². The molecule has 0 bridgehead atoms. The van der Waals surface area contributed by atoms with Crippen LogP contribution in [-0.4, -0.2) is 18.3 Å². The van der Waals surface area contributed by atoms with Crippen molar-refractivity contribution in [1.82, 2.24) is 0 Å². The third kappa shape index (κ3) is 3.48. The molecule has 0 amide bonds. The first-order chi connectivity index (χ1) is 9.21. The molecular formula is C17H31BO2. The summed E-state index contributed by atoms with van der Waals surface area (Å²) in [6, 6.07) is 0. The van der Waals surface area contributed by atoms with Crippen LogP contribution in [0.3, 0.4) is 0 Å². The maximum Gasteiger partial charge on any atom is 0.486 e. The van der Waals surface area contributed by atoms with Gasteiger partial charge in [-0.05, 0) is 71.1 Å². The predicted molar refractivity (Wildman–Crippen MR) is 85.5 cm³/mol. The Bertz CT molecular complexity index is 336. The Hall–Kier alpha value is -0.275. The Morgan fingerprint density at radius 1 is 0.950 bits per heavy atom. The summed E-state index contributed by atoms with van der Waals surface area (Å²) in [4.78, 5) is 0. The maximum absolute atomic E-state index is 6.01. The van der Waals surface area contributed by atoms with Crippen LogP contribution < -0.4 is 0 Å². The Kier molecular flexibility index (Phi) is 4.71. The monoisotopic (exact) mass is 278 g/mol. The fourth-order valence-corrected chi connectivity index (χ4v) is 3.22. The normalized spacial score (nSPS) is 33.2. The van der Waals surface area contributed by atoms with Gasteiger partial charge in [-0.25, -0.2) is 0 Å². The molecule has 0 aromatic carbocycles. The minimum Gasteiger partial charge on any atom is -0.400 e. The van der Waals surface area contributed by atoms with Gasteiger partial charge in [0.25, 0.3) is 0 Å².